The first-order chi connectivity index (χ1) is 8.83. The molecular weight excluding hydrogens is 265 g/mol. The first-order valence-electron chi connectivity index (χ1n) is 6.16. The van der Waals surface area contributed by atoms with Crippen LogP contribution in [0.5, 0.6) is 0 Å². The Bertz CT molecular complexity index is 461. The average molecular weight is 285 g/mol. The molecule has 1 aromatic rings. The summed E-state index contributed by atoms with van der Waals surface area (Å²) < 4.78 is 11.8. The van der Waals surface area contributed by atoms with Crippen LogP contribution in [0.1, 0.15) is 18.9 Å². The number of hydrogen-bond acceptors (Lipinski definition) is 3. The molecule has 19 heavy (non-hydrogen) atoms. The Morgan fingerprint density at radius 2 is 1.95 bits per heavy atom. The summed E-state index contributed by atoms with van der Waals surface area (Å²) in [7, 11) is -3.60. The first-order valence-corrected chi connectivity index (χ1v) is 8.08. The zero-order chi connectivity index (χ0) is 14.5. The molecule has 0 aliphatic rings. The van der Waals surface area contributed by atoms with E-state index in [1.165, 1.54) is 6.92 Å². The number of aryl methyl sites for hydroxylation is 1. The Hall–Kier alpha value is -1.16. The summed E-state index contributed by atoms with van der Waals surface area (Å²) in [5.74, 6) is -2.79. The van der Waals surface area contributed by atoms with Gasteiger partial charge in [-0.15, -0.1) is 0 Å². The summed E-state index contributed by atoms with van der Waals surface area (Å²) in [5, 5.41) is 9.12. The van der Waals surface area contributed by atoms with Crippen LogP contribution < -0.4 is 5.73 Å². The molecule has 5 nitrogen and oxygen atoms in total. The molecule has 3 atom stereocenters. The molecule has 3 unspecified atom stereocenters. The first kappa shape index (κ1) is 15.9. The maximum atomic E-state index is 11.8. The number of aliphatic carboxylic acids is 1. The predicted molar refractivity (Wildman–Crippen MR) is 74.2 cm³/mol. The molecular formula is C13H20NO4P. The molecule has 0 saturated heterocycles. The van der Waals surface area contributed by atoms with Crippen LogP contribution in [0.2, 0.25) is 0 Å². The van der Waals surface area contributed by atoms with Crippen LogP contribution in [0, 0.1) is 5.92 Å². The van der Waals surface area contributed by atoms with Gasteiger partial charge in [0.15, 0.2) is 0 Å². The minimum absolute atomic E-state index is 0.271. The summed E-state index contributed by atoms with van der Waals surface area (Å²) in [6.45, 7) is 1.43. The Morgan fingerprint density at radius 1 is 1.37 bits per heavy atom. The van der Waals surface area contributed by atoms with Gasteiger partial charge in [-0.3, -0.25) is 9.36 Å². The van der Waals surface area contributed by atoms with Gasteiger partial charge in [0.25, 0.3) is 0 Å². The van der Waals surface area contributed by atoms with Crippen molar-refractivity contribution >= 4 is 13.3 Å². The summed E-state index contributed by atoms with van der Waals surface area (Å²) in [6, 6.07) is 9.45. The topological polar surface area (TPSA) is 101 Å². The smallest absolute Gasteiger partial charge is 0.307 e. The standard InChI is InChI=1S/C13H20NO4P/c1-10(14)19(17,18)9-12(13(15)16)8-7-11-5-3-2-4-6-11/h2-6,10,12H,7-9,14H2,1H3,(H,15,16)(H,17,18). The van der Waals surface area contributed by atoms with E-state index in [0.717, 1.165) is 5.56 Å². The molecule has 0 aliphatic heterocycles. The van der Waals surface area contributed by atoms with Crippen LogP contribution >= 0.6 is 7.37 Å². The largest absolute Gasteiger partial charge is 0.481 e. The molecule has 0 fully saturated rings. The SMILES string of the molecule is CC(N)P(=O)(O)CC(CCc1ccccc1)C(=O)O. The molecule has 0 spiro atoms. The number of nitrogens with two attached hydrogens (primary N) is 1. The molecule has 0 saturated carbocycles. The summed E-state index contributed by atoms with van der Waals surface area (Å²) in [5.41, 5.74) is 6.44. The zero-order valence-electron chi connectivity index (χ0n) is 10.9. The lowest BCUT2D eigenvalue weighted by Gasteiger charge is -2.19. The van der Waals surface area contributed by atoms with Crippen molar-refractivity contribution in [2.24, 2.45) is 11.7 Å². The van der Waals surface area contributed by atoms with E-state index < -0.39 is 25.0 Å². The normalized spacial score (nSPS) is 17.4. The maximum absolute atomic E-state index is 11.8. The van der Waals surface area contributed by atoms with Crippen LogP contribution in [0.3, 0.4) is 0 Å². The molecule has 1 rings (SSSR count). The van der Waals surface area contributed by atoms with E-state index in [9.17, 15) is 14.3 Å². The molecule has 0 radical (unpaired) electrons. The zero-order valence-corrected chi connectivity index (χ0v) is 11.8. The Morgan fingerprint density at radius 3 is 2.42 bits per heavy atom. The van der Waals surface area contributed by atoms with Crippen LogP contribution in [0.4, 0.5) is 0 Å². The van der Waals surface area contributed by atoms with Gasteiger partial charge >= 0.3 is 5.97 Å². The van der Waals surface area contributed by atoms with Crippen molar-refractivity contribution in [3.8, 4) is 0 Å². The van der Waals surface area contributed by atoms with Crippen LogP contribution in [-0.4, -0.2) is 27.9 Å². The van der Waals surface area contributed by atoms with Gasteiger partial charge in [-0.1, -0.05) is 30.3 Å². The van der Waals surface area contributed by atoms with Gasteiger partial charge in [0, 0.05) is 6.16 Å². The fraction of sp³-hybridized carbons (Fsp3) is 0.462. The monoisotopic (exact) mass is 285 g/mol. The van der Waals surface area contributed by atoms with Crippen molar-refractivity contribution < 1.29 is 19.4 Å². The lowest BCUT2D eigenvalue weighted by Crippen LogP contribution is -2.25. The molecule has 1 aromatic carbocycles. The Balaban J connectivity index is 2.64. The van der Waals surface area contributed by atoms with Gasteiger partial charge in [-0.05, 0) is 25.3 Å². The molecule has 0 heterocycles. The van der Waals surface area contributed by atoms with E-state index in [4.69, 9.17) is 10.8 Å². The second kappa shape index (κ2) is 6.85. The van der Waals surface area contributed by atoms with Gasteiger partial charge in [0.05, 0.1) is 11.7 Å². The third-order valence-corrected chi connectivity index (χ3v) is 5.33. The van der Waals surface area contributed by atoms with Crippen molar-refractivity contribution in [2.75, 3.05) is 6.16 Å². The Kier molecular flexibility index (Phi) is 5.73. The highest BCUT2D eigenvalue weighted by Gasteiger charge is 2.31. The van der Waals surface area contributed by atoms with E-state index >= 15 is 0 Å². The molecule has 106 valence electrons. The number of carbonyl (C=O) groups is 1. The number of carboxylic acids is 1. The number of hydrogen-bond donors (Lipinski definition) is 3. The third-order valence-electron chi connectivity index (χ3n) is 3.09. The van der Waals surface area contributed by atoms with Crippen molar-refractivity contribution in [3.63, 3.8) is 0 Å². The van der Waals surface area contributed by atoms with E-state index in [-0.39, 0.29) is 6.16 Å². The van der Waals surface area contributed by atoms with Gasteiger partial charge in [0.1, 0.15) is 0 Å². The fourth-order valence-corrected chi connectivity index (χ4v) is 3.06. The number of rotatable bonds is 7. The van der Waals surface area contributed by atoms with Crippen LogP contribution in [0.15, 0.2) is 30.3 Å². The summed E-state index contributed by atoms with van der Waals surface area (Å²) in [4.78, 5) is 20.8. The molecule has 4 N–H and O–H groups in total. The van der Waals surface area contributed by atoms with Crippen LogP contribution in [0.25, 0.3) is 0 Å². The minimum atomic E-state index is -3.60. The quantitative estimate of drug-likeness (QED) is 0.664. The second-order valence-corrected chi connectivity index (χ2v) is 7.43. The van der Waals surface area contributed by atoms with E-state index in [1.54, 1.807) is 0 Å². The third kappa shape index (κ3) is 5.15. The average Bonchev–Trinajstić information content (AvgIpc) is 2.35. The molecule has 0 amide bonds. The van der Waals surface area contributed by atoms with Crippen molar-refractivity contribution in [1.29, 1.82) is 0 Å². The van der Waals surface area contributed by atoms with Gasteiger partial charge in [0.2, 0.25) is 7.37 Å². The second-order valence-electron chi connectivity index (χ2n) is 4.74. The highest BCUT2D eigenvalue weighted by Crippen LogP contribution is 2.46. The molecule has 0 aliphatic carbocycles. The highest BCUT2D eigenvalue weighted by molar-refractivity contribution is 7.58. The predicted octanol–water partition coefficient (Wildman–Crippen LogP) is 1.90. The van der Waals surface area contributed by atoms with E-state index in [1.807, 2.05) is 30.3 Å². The fourth-order valence-electron chi connectivity index (χ4n) is 1.76. The highest BCUT2D eigenvalue weighted by atomic mass is 31.2. The van der Waals surface area contributed by atoms with Crippen LogP contribution in [-0.2, 0) is 15.8 Å². The molecule has 0 bridgehead atoms. The molecule has 0 aromatic heterocycles. The van der Waals surface area contributed by atoms with E-state index in [0.29, 0.717) is 12.8 Å². The minimum Gasteiger partial charge on any atom is -0.481 e. The molecule has 6 heteroatoms. The van der Waals surface area contributed by atoms with Gasteiger partial charge in [-0.25, -0.2) is 0 Å². The lowest BCUT2D eigenvalue weighted by molar-refractivity contribution is -0.141. The van der Waals surface area contributed by atoms with Gasteiger partial charge in [-0.2, -0.15) is 0 Å². The number of benzene rings is 1. The summed E-state index contributed by atoms with van der Waals surface area (Å²) >= 11 is 0. The lowest BCUT2D eigenvalue weighted by atomic mass is 10.0. The number of carboxylic acid groups (broad SMARTS) is 1. The Labute approximate surface area is 112 Å². The van der Waals surface area contributed by atoms with Gasteiger partial charge < -0.3 is 15.7 Å². The van der Waals surface area contributed by atoms with Crippen molar-refractivity contribution in [2.45, 2.75) is 25.5 Å². The van der Waals surface area contributed by atoms with Crippen molar-refractivity contribution in [1.82, 2.24) is 0 Å². The maximum Gasteiger partial charge on any atom is 0.307 e. The summed E-state index contributed by atoms with van der Waals surface area (Å²) in [6.07, 6.45) is 0.625. The van der Waals surface area contributed by atoms with Crippen molar-refractivity contribution in [3.05, 3.63) is 35.9 Å². The van der Waals surface area contributed by atoms with E-state index in [2.05, 4.69) is 0 Å².